The van der Waals surface area contributed by atoms with E-state index in [0.29, 0.717) is 11.6 Å². The first kappa shape index (κ1) is 13.6. The van der Waals surface area contributed by atoms with Crippen molar-refractivity contribution < 1.29 is 0 Å². The number of halogens is 1. The van der Waals surface area contributed by atoms with Gasteiger partial charge in [-0.15, -0.1) is 0 Å². The molecule has 1 saturated carbocycles. The maximum Gasteiger partial charge on any atom is 0.0321 e. The van der Waals surface area contributed by atoms with Gasteiger partial charge in [0.25, 0.3) is 0 Å². The molecule has 1 aliphatic heterocycles. The fourth-order valence-electron chi connectivity index (χ4n) is 3.68. The summed E-state index contributed by atoms with van der Waals surface area (Å²) >= 11 is 3.58. The molecule has 2 aliphatic rings. The molecule has 0 aromatic heterocycles. The Kier molecular flexibility index (Phi) is 3.97. The summed E-state index contributed by atoms with van der Waals surface area (Å²) in [6.07, 6.45) is 5.50. The Labute approximate surface area is 124 Å². The maximum atomic E-state index is 3.79. The lowest BCUT2D eigenvalue weighted by molar-refractivity contribution is 0.101. The second kappa shape index (κ2) is 5.55. The molecule has 2 fully saturated rings. The van der Waals surface area contributed by atoms with Crippen molar-refractivity contribution in [3.63, 3.8) is 0 Å². The second-order valence-electron chi connectivity index (χ2n) is 6.12. The van der Waals surface area contributed by atoms with E-state index < -0.39 is 0 Å². The van der Waals surface area contributed by atoms with Crippen LogP contribution in [0.15, 0.2) is 28.7 Å². The number of piperazine rings is 1. The highest BCUT2D eigenvalue weighted by Gasteiger charge is 2.38. The van der Waals surface area contributed by atoms with Crippen LogP contribution in [-0.2, 0) is 0 Å². The van der Waals surface area contributed by atoms with Gasteiger partial charge in [-0.1, -0.05) is 40.9 Å². The highest BCUT2D eigenvalue weighted by Crippen LogP contribution is 2.34. The van der Waals surface area contributed by atoms with Crippen molar-refractivity contribution in [3.8, 4) is 0 Å². The lowest BCUT2D eigenvalue weighted by Gasteiger charge is -2.44. The van der Waals surface area contributed by atoms with Crippen LogP contribution in [0.5, 0.6) is 0 Å². The van der Waals surface area contributed by atoms with E-state index in [2.05, 4.69) is 57.3 Å². The van der Waals surface area contributed by atoms with Crippen molar-refractivity contribution in [2.24, 2.45) is 0 Å². The van der Waals surface area contributed by atoms with Crippen LogP contribution in [0, 0.1) is 0 Å². The monoisotopic (exact) mass is 322 g/mol. The Morgan fingerprint density at radius 2 is 2.11 bits per heavy atom. The summed E-state index contributed by atoms with van der Waals surface area (Å²) in [6.45, 7) is 5.85. The minimum absolute atomic E-state index is 0.415. The Balaban J connectivity index is 1.74. The van der Waals surface area contributed by atoms with Gasteiger partial charge in [-0.2, -0.15) is 0 Å². The van der Waals surface area contributed by atoms with Gasteiger partial charge in [0.15, 0.2) is 0 Å². The summed E-state index contributed by atoms with van der Waals surface area (Å²) in [5.41, 5.74) is 1.84. The Hall–Kier alpha value is -0.380. The molecule has 1 heterocycles. The van der Waals surface area contributed by atoms with Crippen molar-refractivity contribution >= 4 is 15.9 Å². The van der Waals surface area contributed by atoms with Crippen molar-refractivity contribution in [2.75, 3.05) is 19.6 Å². The topological polar surface area (TPSA) is 15.3 Å². The molecule has 19 heavy (non-hydrogen) atoms. The van der Waals surface area contributed by atoms with Crippen LogP contribution >= 0.6 is 15.9 Å². The van der Waals surface area contributed by atoms with E-state index in [1.807, 2.05) is 0 Å². The van der Waals surface area contributed by atoms with E-state index in [-0.39, 0.29) is 0 Å². The number of hydrogen-bond acceptors (Lipinski definition) is 2. The summed E-state index contributed by atoms with van der Waals surface area (Å²) in [6, 6.07) is 9.26. The molecule has 1 aromatic rings. The van der Waals surface area contributed by atoms with E-state index in [9.17, 15) is 0 Å². The molecule has 1 aliphatic carbocycles. The van der Waals surface area contributed by atoms with E-state index in [4.69, 9.17) is 0 Å². The van der Waals surface area contributed by atoms with Crippen LogP contribution in [0.25, 0.3) is 0 Å². The molecule has 1 N–H and O–H groups in total. The molecular formula is C16H23BrN2. The minimum Gasteiger partial charge on any atom is -0.309 e. The third-order valence-corrected chi connectivity index (χ3v) is 5.34. The molecule has 1 saturated heterocycles. The van der Waals surface area contributed by atoms with Gasteiger partial charge in [-0.25, -0.2) is 0 Å². The van der Waals surface area contributed by atoms with E-state index >= 15 is 0 Å². The molecule has 0 bridgehead atoms. The van der Waals surface area contributed by atoms with Crippen LogP contribution in [0.2, 0.25) is 0 Å². The maximum absolute atomic E-state index is 3.79. The molecule has 1 unspecified atom stereocenters. The number of benzene rings is 1. The SMILES string of the molecule is CC(c1cccc(Br)c1)N1CCNC2(CCCC2)C1. The van der Waals surface area contributed by atoms with Crippen LogP contribution in [-0.4, -0.2) is 30.1 Å². The van der Waals surface area contributed by atoms with Gasteiger partial charge < -0.3 is 5.32 Å². The van der Waals surface area contributed by atoms with Gasteiger partial charge in [0.05, 0.1) is 0 Å². The second-order valence-corrected chi connectivity index (χ2v) is 7.03. The Morgan fingerprint density at radius 3 is 2.84 bits per heavy atom. The molecule has 1 spiro atoms. The van der Waals surface area contributed by atoms with Crippen LogP contribution in [0.3, 0.4) is 0 Å². The summed E-state index contributed by atoms with van der Waals surface area (Å²) in [5, 5.41) is 3.79. The predicted octanol–water partition coefficient (Wildman–Crippen LogP) is 3.73. The largest absolute Gasteiger partial charge is 0.309 e. The molecular weight excluding hydrogens is 300 g/mol. The fraction of sp³-hybridized carbons (Fsp3) is 0.625. The van der Waals surface area contributed by atoms with Crippen LogP contribution in [0.4, 0.5) is 0 Å². The lowest BCUT2D eigenvalue weighted by atomic mass is 9.93. The van der Waals surface area contributed by atoms with Crippen molar-refractivity contribution in [3.05, 3.63) is 34.3 Å². The third kappa shape index (κ3) is 2.88. The van der Waals surface area contributed by atoms with Crippen LogP contribution < -0.4 is 5.32 Å². The summed E-state index contributed by atoms with van der Waals surface area (Å²) in [4.78, 5) is 2.66. The van der Waals surface area contributed by atoms with Crippen molar-refractivity contribution in [1.29, 1.82) is 0 Å². The van der Waals surface area contributed by atoms with E-state index in [1.54, 1.807) is 0 Å². The summed E-state index contributed by atoms with van der Waals surface area (Å²) in [7, 11) is 0. The summed E-state index contributed by atoms with van der Waals surface area (Å²) < 4.78 is 1.18. The zero-order valence-electron chi connectivity index (χ0n) is 11.7. The van der Waals surface area contributed by atoms with Gasteiger partial charge in [0.2, 0.25) is 0 Å². The molecule has 2 nitrogen and oxygen atoms in total. The number of nitrogens with one attached hydrogen (secondary N) is 1. The van der Waals surface area contributed by atoms with Crippen LogP contribution in [0.1, 0.15) is 44.2 Å². The smallest absolute Gasteiger partial charge is 0.0321 e. The predicted molar refractivity (Wildman–Crippen MR) is 83.3 cm³/mol. The third-order valence-electron chi connectivity index (χ3n) is 4.84. The normalized spacial score (nSPS) is 24.7. The Morgan fingerprint density at radius 1 is 1.32 bits per heavy atom. The number of nitrogens with zero attached hydrogens (tertiary/aromatic N) is 1. The first-order chi connectivity index (χ1) is 9.19. The van der Waals surface area contributed by atoms with Gasteiger partial charge in [0, 0.05) is 35.7 Å². The van der Waals surface area contributed by atoms with Gasteiger partial charge in [-0.3, -0.25) is 4.90 Å². The van der Waals surface area contributed by atoms with Crippen molar-refractivity contribution in [2.45, 2.75) is 44.2 Å². The molecule has 0 radical (unpaired) electrons. The standard InChI is InChI=1S/C16H23BrN2/c1-13(14-5-4-6-15(17)11-14)19-10-9-18-16(12-19)7-2-3-8-16/h4-6,11,13,18H,2-3,7-10,12H2,1H3. The van der Waals surface area contributed by atoms with Crippen molar-refractivity contribution in [1.82, 2.24) is 10.2 Å². The molecule has 104 valence electrons. The minimum atomic E-state index is 0.415. The molecule has 1 atom stereocenters. The first-order valence-corrected chi connectivity index (χ1v) is 8.22. The highest BCUT2D eigenvalue weighted by molar-refractivity contribution is 9.10. The molecule has 3 rings (SSSR count). The number of rotatable bonds is 2. The molecule has 0 amide bonds. The van der Waals surface area contributed by atoms with E-state index in [1.165, 1.54) is 42.3 Å². The average molecular weight is 323 g/mol. The molecule has 1 aromatic carbocycles. The van der Waals surface area contributed by atoms with Gasteiger partial charge >= 0.3 is 0 Å². The zero-order chi connectivity index (χ0) is 13.3. The fourth-order valence-corrected chi connectivity index (χ4v) is 4.10. The average Bonchev–Trinajstić information content (AvgIpc) is 2.86. The quantitative estimate of drug-likeness (QED) is 0.892. The Bertz CT molecular complexity index is 440. The lowest BCUT2D eigenvalue weighted by Crippen LogP contribution is -2.59. The van der Waals surface area contributed by atoms with Gasteiger partial charge in [0.1, 0.15) is 0 Å². The van der Waals surface area contributed by atoms with E-state index in [0.717, 1.165) is 13.1 Å². The number of hydrogen-bond donors (Lipinski definition) is 1. The van der Waals surface area contributed by atoms with Gasteiger partial charge in [-0.05, 0) is 37.5 Å². The summed E-state index contributed by atoms with van der Waals surface area (Å²) in [5.74, 6) is 0. The highest BCUT2D eigenvalue weighted by atomic mass is 79.9. The zero-order valence-corrected chi connectivity index (χ0v) is 13.2. The first-order valence-electron chi connectivity index (χ1n) is 7.43. The molecule has 3 heteroatoms.